The van der Waals surface area contributed by atoms with E-state index in [1.165, 1.54) is 0 Å². The third kappa shape index (κ3) is 3.06. The first kappa shape index (κ1) is 10.5. The van der Waals surface area contributed by atoms with Gasteiger partial charge in [0, 0.05) is 5.56 Å². The molecule has 0 saturated heterocycles. The molecule has 0 spiro atoms. The predicted octanol–water partition coefficient (Wildman–Crippen LogP) is 1.11. The maximum absolute atomic E-state index is 10.4. The van der Waals surface area contributed by atoms with Crippen LogP contribution in [0.25, 0.3) is 0 Å². The van der Waals surface area contributed by atoms with Crippen LogP contribution >= 0.6 is 11.6 Å². The number of nitrogen functional groups attached to an aromatic ring is 1. The van der Waals surface area contributed by atoms with Gasteiger partial charge in [0.2, 0.25) is 0 Å². The van der Waals surface area contributed by atoms with E-state index in [0.29, 0.717) is 11.3 Å². The fraction of sp³-hybridized carbons (Fsp3) is 0.111. The van der Waals surface area contributed by atoms with Crippen LogP contribution in [0.2, 0.25) is 0 Å². The number of carbonyl (C=O) groups excluding carboxylic acids is 1. The van der Waals surface area contributed by atoms with Crippen molar-refractivity contribution in [3.8, 4) is 5.75 Å². The molecule has 0 fully saturated rings. The van der Waals surface area contributed by atoms with Crippen molar-refractivity contribution in [2.24, 2.45) is 5.73 Å². The van der Waals surface area contributed by atoms with Crippen LogP contribution in [0.15, 0.2) is 24.3 Å². The van der Waals surface area contributed by atoms with Gasteiger partial charge in [-0.1, -0.05) is 12.1 Å². The molecule has 0 radical (unpaired) electrons. The van der Waals surface area contributed by atoms with Crippen molar-refractivity contribution in [2.75, 3.05) is 6.61 Å². The molecule has 1 rings (SSSR count). The number of nitrogens with two attached hydrogens (primary N) is 1. The monoisotopic (exact) mass is 212 g/mol. The Hall–Kier alpha value is -1.55. The average Bonchev–Trinajstić information content (AvgIpc) is 2.15. The average molecular weight is 213 g/mol. The summed E-state index contributed by atoms with van der Waals surface area (Å²) in [5, 5.41) is 6.61. The van der Waals surface area contributed by atoms with Gasteiger partial charge in [0.1, 0.15) is 11.6 Å². The van der Waals surface area contributed by atoms with Gasteiger partial charge in [0.15, 0.2) is 6.61 Å². The highest BCUT2D eigenvalue weighted by atomic mass is 35.5. The summed E-state index contributed by atoms with van der Waals surface area (Å²) in [5.74, 6) is 0.416. The predicted molar refractivity (Wildman–Crippen MR) is 53.8 cm³/mol. The molecule has 0 heterocycles. The third-order valence-electron chi connectivity index (χ3n) is 1.50. The Morgan fingerprint density at radius 3 is 2.86 bits per heavy atom. The van der Waals surface area contributed by atoms with Crippen LogP contribution in [-0.2, 0) is 4.79 Å². The van der Waals surface area contributed by atoms with Crippen molar-refractivity contribution < 1.29 is 9.53 Å². The second-order valence-corrected chi connectivity index (χ2v) is 3.01. The summed E-state index contributed by atoms with van der Waals surface area (Å²) in [6.45, 7) is -0.192. The summed E-state index contributed by atoms with van der Waals surface area (Å²) in [4.78, 5) is 10.4. The first-order chi connectivity index (χ1) is 6.59. The lowest BCUT2D eigenvalue weighted by Gasteiger charge is -2.04. The summed E-state index contributed by atoms with van der Waals surface area (Å²) in [7, 11) is 0. The van der Waals surface area contributed by atoms with E-state index in [9.17, 15) is 4.79 Å². The number of amidine groups is 1. The fourth-order valence-electron chi connectivity index (χ4n) is 0.893. The van der Waals surface area contributed by atoms with Gasteiger partial charge in [-0.05, 0) is 23.7 Å². The first-order valence-electron chi connectivity index (χ1n) is 3.85. The molecule has 4 nitrogen and oxygen atoms in total. The molecule has 74 valence electrons. The number of rotatable bonds is 4. The number of hydrogen-bond donors (Lipinski definition) is 2. The lowest BCUT2D eigenvalue weighted by Crippen LogP contribution is -2.11. The van der Waals surface area contributed by atoms with E-state index in [2.05, 4.69) is 0 Å². The Labute approximate surface area is 86.1 Å². The van der Waals surface area contributed by atoms with Crippen molar-refractivity contribution in [1.82, 2.24) is 0 Å². The number of benzene rings is 1. The number of nitrogens with one attached hydrogen (secondary N) is 1. The molecule has 1 aromatic carbocycles. The lowest BCUT2D eigenvalue weighted by atomic mass is 10.2. The molecule has 0 atom stereocenters. The smallest absolute Gasteiger partial charge is 0.259 e. The summed E-state index contributed by atoms with van der Waals surface area (Å²) < 4.78 is 5.02. The molecule has 14 heavy (non-hydrogen) atoms. The molecule has 0 aromatic heterocycles. The molecular formula is C9H9ClN2O2. The highest BCUT2D eigenvalue weighted by Gasteiger charge is 2.01. The van der Waals surface area contributed by atoms with E-state index in [0.717, 1.165) is 0 Å². The van der Waals surface area contributed by atoms with Gasteiger partial charge in [0.25, 0.3) is 5.24 Å². The molecule has 0 saturated carbocycles. The van der Waals surface area contributed by atoms with Crippen molar-refractivity contribution in [1.29, 1.82) is 5.41 Å². The largest absolute Gasteiger partial charge is 0.484 e. The Bertz CT molecular complexity index is 366. The number of ether oxygens (including phenoxy) is 1. The van der Waals surface area contributed by atoms with Gasteiger partial charge < -0.3 is 10.5 Å². The van der Waals surface area contributed by atoms with Gasteiger partial charge in [-0.15, -0.1) is 0 Å². The SMILES string of the molecule is N=C(N)c1cccc(OCC(=O)Cl)c1. The van der Waals surface area contributed by atoms with Crippen LogP contribution in [0.5, 0.6) is 5.75 Å². The third-order valence-corrected chi connectivity index (χ3v) is 1.61. The summed E-state index contributed by atoms with van der Waals surface area (Å²) in [5.41, 5.74) is 5.82. The van der Waals surface area contributed by atoms with E-state index in [4.69, 9.17) is 27.5 Å². The van der Waals surface area contributed by atoms with Gasteiger partial charge in [0.05, 0.1) is 0 Å². The number of carbonyl (C=O) groups is 1. The van der Waals surface area contributed by atoms with Crippen molar-refractivity contribution >= 4 is 22.7 Å². The fourth-order valence-corrected chi connectivity index (χ4v) is 0.948. The summed E-state index contributed by atoms with van der Waals surface area (Å²) in [6, 6.07) is 6.59. The van der Waals surface area contributed by atoms with Crippen LogP contribution in [0.3, 0.4) is 0 Å². The molecule has 1 aromatic rings. The Balaban J connectivity index is 2.73. The zero-order valence-electron chi connectivity index (χ0n) is 7.29. The van der Waals surface area contributed by atoms with Crippen LogP contribution < -0.4 is 10.5 Å². The maximum atomic E-state index is 10.4. The van der Waals surface area contributed by atoms with Crippen molar-refractivity contribution in [2.45, 2.75) is 0 Å². The molecule has 0 bridgehead atoms. The van der Waals surface area contributed by atoms with E-state index in [1.807, 2.05) is 0 Å². The topological polar surface area (TPSA) is 76.2 Å². The molecule has 0 aliphatic rings. The van der Waals surface area contributed by atoms with Gasteiger partial charge in [-0.25, -0.2) is 0 Å². The second kappa shape index (κ2) is 4.62. The highest BCUT2D eigenvalue weighted by molar-refractivity contribution is 6.63. The standard InChI is InChI=1S/C9H9ClN2O2/c10-8(13)5-14-7-3-1-2-6(4-7)9(11)12/h1-4H,5H2,(H3,11,12). The number of halogens is 1. The van der Waals surface area contributed by atoms with E-state index in [-0.39, 0.29) is 12.4 Å². The zero-order valence-corrected chi connectivity index (χ0v) is 8.04. The second-order valence-electron chi connectivity index (χ2n) is 2.59. The summed E-state index contributed by atoms with van der Waals surface area (Å²) >= 11 is 5.10. The van der Waals surface area contributed by atoms with E-state index in [1.54, 1.807) is 24.3 Å². The molecule has 3 N–H and O–H groups in total. The van der Waals surface area contributed by atoms with Crippen molar-refractivity contribution in [3.63, 3.8) is 0 Å². The molecule has 5 heteroatoms. The molecule has 0 aliphatic carbocycles. The minimum atomic E-state index is -0.571. The zero-order chi connectivity index (χ0) is 10.6. The number of hydrogen-bond acceptors (Lipinski definition) is 3. The van der Waals surface area contributed by atoms with E-state index >= 15 is 0 Å². The minimum Gasteiger partial charge on any atom is -0.484 e. The highest BCUT2D eigenvalue weighted by Crippen LogP contribution is 2.12. The van der Waals surface area contributed by atoms with Crippen molar-refractivity contribution in [3.05, 3.63) is 29.8 Å². The Morgan fingerprint density at radius 1 is 1.57 bits per heavy atom. The maximum Gasteiger partial charge on any atom is 0.259 e. The Kier molecular flexibility index (Phi) is 3.48. The van der Waals surface area contributed by atoms with Gasteiger partial charge >= 0.3 is 0 Å². The van der Waals surface area contributed by atoms with Crippen LogP contribution in [0, 0.1) is 5.41 Å². The molecule has 0 unspecified atom stereocenters. The van der Waals surface area contributed by atoms with Crippen LogP contribution in [0.4, 0.5) is 0 Å². The quantitative estimate of drug-likeness (QED) is 0.446. The van der Waals surface area contributed by atoms with Gasteiger partial charge in [-0.3, -0.25) is 10.2 Å². The van der Waals surface area contributed by atoms with E-state index < -0.39 is 5.24 Å². The summed E-state index contributed by atoms with van der Waals surface area (Å²) in [6.07, 6.45) is 0. The minimum absolute atomic E-state index is 0.0485. The first-order valence-corrected chi connectivity index (χ1v) is 4.23. The molecular weight excluding hydrogens is 204 g/mol. The normalized spacial score (nSPS) is 9.50. The van der Waals surface area contributed by atoms with Crippen LogP contribution in [-0.4, -0.2) is 17.7 Å². The Morgan fingerprint density at radius 2 is 2.29 bits per heavy atom. The molecule has 0 aliphatic heterocycles. The van der Waals surface area contributed by atoms with Crippen LogP contribution in [0.1, 0.15) is 5.56 Å². The van der Waals surface area contributed by atoms with Gasteiger partial charge in [-0.2, -0.15) is 0 Å². The molecule has 0 amide bonds. The lowest BCUT2D eigenvalue weighted by molar-refractivity contribution is -0.113.